The molecule has 3 aromatic carbocycles. The lowest BCUT2D eigenvalue weighted by Crippen LogP contribution is -2.28. The van der Waals surface area contributed by atoms with Crippen LogP contribution < -0.4 is 15.4 Å². The lowest BCUT2D eigenvalue weighted by molar-refractivity contribution is 0.189. The second-order valence-corrected chi connectivity index (χ2v) is 9.36. The summed E-state index contributed by atoms with van der Waals surface area (Å²) in [6.45, 7) is 6.19. The normalized spacial score (nSPS) is 11.4. The van der Waals surface area contributed by atoms with Gasteiger partial charge in [0, 0.05) is 36.8 Å². The molecule has 0 aliphatic rings. The molecule has 0 aliphatic carbocycles. The van der Waals surface area contributed by atoms with Gasteiger partial charge in [-0.15, -0.1) is 0 Å². The van der Waals surface area contributed by atoms with Gasteiger partial charge >= 0.3 is 0 Å². The first-order valence-electron chi connectivity index (χ1n) is 13.5. The molecule has 0 fully saturated rings. The Kier molecular flexibility index (Phi) is 8.82. The maximum atomic E-state index is 9.12. The molecule has 5 rings (SSSR count). The Bertz CT molecular complexity index is 1450. The molecule has 0 aliphatic heterocycles. The van der Waals surface area contributed by atoms with E-state index in [0.717, 1.165) is 77.6 Å². The minimum Gasteiger partial charge on any atom is -0.493 e. The molecule has 9 nitrogen and oxygen atoms in total. The maximum absolute atomic E-state index is 9.12. The van der Waals surface area contributed by atoms with E-state index in [4.69, 9.17) is 9.84 Å². The fraction of sp³-hybridized carbons (Fsp3) is 0.300. The number of nitrogens with zero attached hydrogens (tertiary/aromatic N) is 4. The predicted octanol–water partition coefficient (Wildman–Crippen LogP) is 4.99. The summed E-state index contributed by atoms with van der Waals surface area (Å²) in [6.07, 6.45) is 3.35. The van der Waals surface area contributed by atoms with E-state index in [0.29, 0.717) is 13.2 Å². The SMILES string of the molecule is CCN(CCO)CCCOc1ccc2c(NCCc3ccc(Nc4nc5ccccc5[nH]4)cc3)ncnc2c1. The Morgan fingerprint density at radius 1 is 0.974 bits per heavy atom. The number of fused-ring (bicyclic) bond motifs is 2. The Balaban J connectivity index is 1.11. The number of imidazole rings is 1. The predicted molar refractivity (Wildman–Crippen MR) is 157 cm³/mol. The van der Waals surface area contributed by atoms with Crippen molar-refractivity contribution in [2.75, 3.05) is 50.0 Å². The van der Waals surface area contributed by atoms with Gasteiger partial charge in [0.2, 0.25) is 5.95 Å². The molecule has 0 unspecified atom stereocenters. The van der Waals surface area contributed by atoms with E-state index in [1.54, 1.807) is 6.33 Å². The van der Waals surface area contributed by atoms with Crippen molar-refractivity contribution in [1.82, 2.24) is 24.8 Å². The summed E-state index contributed by atoms with van der Waals surface area (Å²) in [5.74, 6) is 2.35. The van der Waals surface area contributed by atoms with Gasteiger partial charge in [-0.3, -0.25) is 0 Å². The van der Waals surface area contributed by atoms with Crippen LogP contribution in [0.25, 0.3) is 21.9 Å². The van der Waals surface area contributed by atoms with Crippen LogP contribution in [0.4, 0.5) is 17.5 Å². The number of nitrogens with one attached hydrogen (secondary N) is 3. The number of benzene rings is 3. The number of aromatic amines is 1. The number of H-pyrrole nitrogens is 1. The summed E-state index contributed by atoms with van der Waals surface area (Å²) < 4.78 is 5.95. The van der Waals surface area contributed by atoms with Gasteiger partial charge in [-0.1, -0.05) is 31.2 Å². The summed E-state index contributed by atoms with van der Waals surface area (Å²) in [5.41, 5.74) is 5.02. The van der Waals surface area contributed by atoms with Gasteiger partial charge in [0.1, 0.15) is 17.9 Å². The molecule has 0 amide bonds. The first kappa shape index (κ1) is 26.4. The zero-order valence-electron chi connectivity index (χ0n) is 22.2. The zero-order chi connectivity index (χ0) is 26.9. The third-order valence-corrected chi connectivity index (χ3v) is 6.67. The fourth-order valence-corrected chi connectivity index (χ4v) is 4.54. The number of para-hydroxylation sites is 2. The number of aromatic nitrogens is 4. The summed E-state index contributed by atoms with van der Waals surface area (Å²) in [5, 5.41) is 16.9. The molecule has 0 saturated carbocycles. The van der Waals surface area contributed by atoms with E-state index in [9.17, 15) is 0 Å². The monoisotopic (exact) mass is 525 g/mol. The average Bonchev–Trinajstić information content (AvgIpc) is 3.38. The van der Waals surface area contributed by atoms with Gasteiger partial charge in [0.05, 0.1) is 29.8 Å². The molecule has 0 radical (unpaired) electrons. The maximum Gasteiger partial charge on any atom is 0.205 e. The number of aliphatic hydroxyl groups excluding tert-OH is 1. The van der Waals surface area contributed by atoms with Crippen molar-refractivity contribution in [3.63, 3.8) is 0 Å². The molecule has 39 heavy (non-hydrogen) atoms. The second kappa shape index (κ2) is 13.0. The summed E-state index contributed by atoms with van der Waals surface area (Å²) in [4.78, 5) is 19.0. The van der Waals surface area contributed by atoms with E-state index < -0.39 is 0 Å². The van der Waals surface area contributed by atoms with Crippen LogP contribution in [0, 0.1) is 0 Å². The number of rotatable bonds is 14. The fourth-order valence-electron chi connectivity index (χ4n) is 4.54. The lowest BCUT2D eigenvalue weighted by Gasteiger charge is -2.18. The number of anilines is 3. The summed E-state index contributed by atoms with van der Waals surface area (Å²) >= 11 is 0. The van der Waals surface area contributed by atoms with Gasteiger partial charge in [0.25, 0.3) is 0 Å². The smallest absolute Gasteiger partial charge is 0.205 e. The van der Waals surface area contributed by atoms with Gasteiger partial charge in [-0.25, -0.2) is 15.0 Å². The second-order valence-electron chi connectivity index (χ2n) is 9.36. The standard InChI is InChI=1S/C30H35N7O2/c1-2-37(17-18-38)16-5-19-39-24-12-13-25-28(20-24)32-21-33-29(25)31-15-14-22-8-10-23(11-9-22)34-30-35-26-6-3-4-7-27(26)36-30/h3-4,6-13,20-21,38H,2,5,14-19H2,1H3,(H,31,32,33)(H2,34,35,36). The molecule has 0 atom stereocenters. The largest absolute Gasteiger partial charge is 0.493 e. The first-order valence-corrected chi connectivity index (χ1v) is 13.5. The van der Waals surface area contributed by atoms with E-state index in [1.807, 2.05) is 42.5 Å². The van der Waals surface area contributed by atoms with E-state index in [1.165, 1.54) is 5.56 Å². The van der Waals surface area contributed by atoms with Crippen LogP contribution >= 0.6 is 0 Å². The molecule has 9 heteroatoms. The zero-order valence-corrected chi connectivity index (χ0v) is 22.2. The third-order valence-electron chi connectivity index (χ3n) is 6.67. The Morgan fingerprint density at radius 2 is 1.85 bits per heavy atom. The molecule has 4 N–H and O–H groups in total. The quantitative estimate of drug-likeness (QED) is 0.150. The van der Waals surface area contributed by atoms with Crippen LogP contribution in [0.15, 0.2) is 73.1 Å². The van der Waals surface area contributed by atoms with Crippen molar-refractivity contribution in [2.24, 2.45) is 0 Å². The molecular weight excluding hydrogens is 490 g/mol. The molecule has 2 heterocycles. The molecule has 5 aromatic rings. The van der Waals surface area contributed by atoms with Crippen LogP contribution in [0.3, 0.4) is 0 Å². The van der Waals surface area contributed by atoms with E-state index in [-0.39, 0.29) is 6.61 Å². The van der Waals surface area contributed by atoms with Gasteiger partial charge in [-0.2, -0.15) is 0 Å². The highest BCUT2D eigenvalue weighted by molar-refractivity contribution is 5.89. The third kappa shape index (κ3) is 7.01. The molecule has 202 valence electrons. The van der Waals surface area contributed by atoms with Crippen LogP contribution in [-0.4, -0.2) is 69.3 Å². The highest BCUT2D eigenvalue weighted by atomic mass is 16.5. The molecule has 2 aromatic heterocycles. The van der Waals surface area contributed by atoms with E-state index in [2.05, 4.69) is 66.7 Å². The van der Waals surface area contributed by atoms with Crippen molar-refractivity contribution in [1.29, 1.82) is 0 Å². The lowest BCUT2D eigenvalue weighted by atomic mass is 10.1. The Morgan fingerprint density at radius 3 is 2.67 bits per heavy atom. The molecule has 0 spiro atoms. The Labute approximate surface area is 228 Å². The summed E-state index contributed by atoms with van der Waals surface area (Å²) in [7, 11) is 0. The van der Waals surface area contributed by atoms with Crippen molar-refractivity contribution in [3.05, 3.63) is 78.6 Å². The average molecular weight is 526 g/mol. The van der Waals surface area contributed by atoms with Crippen molar-refractivity contribution in [2.45, 2.75) is 19.8 Å². The van der Waals surface area contributed by atoms with Crippen molar-refractivity contribution in [3.8, 4) is 5.75 Å². The molecular formula is C30H35N7O2. The number of aliphatic hydroxyl groups is 1. The van der Waals surface area contributed by atoms with Gasteiger partial charge in [0.15, 0.2) is 0 Å². The minimum atomic E-state index is 0.184. The van der Waals surface area contributed by atoms with Gasteiger partial charge < -0.3 is 30.4 Å². The van der Waals surface area contributed by atoms with Crippen molar-refractivity contribution >= 4 is 39.4 Å². The Hall–Kier alpha value is -4.21. The van der Waals surface area contributed by atoms with E-state index >= 15 is 0 Å². The van der Waals surface area contributed by atoms with Gasteiger partial charge in [-0.05, 0) is 61.3 Å². The number of hydrogen-bond donors (Lipinski definition) is 4. The molecule has 0 bridgehead atoms. The highest BCUT2D eigenvalue weighted by Crippen LogP contribution is 2.24. The first-order chi connectivity index (χ1) is 19.2. The summed E-state index contributed by atoms with van der Waals surface area (Å²) in [6, 6.07) is 22.3. The van der Waals surface area contributed by atoms with Crippen LogP contribution in [-0.2, 0) is 6.42 Å². The van der Waals surface area contributed by atoms with Crippen LogP contribution in [0.5, 0.6) is 5.75 Å². The van der Waals surface area contributed by atoms with Crippen LogP contribution in [0.1, 0.15) is 18.9 Å². The topological polar surface area (TPSA) is 111 Å². The number of ether oxygens (including phenoxy) is 1. The highest BCUT2D eigenvalue weighted by Gasteiger charge is 2.07. The number of hydrogen-bond acceptors (Lipinski definition) is 8. The number of likely N-dealkylation sites (N-methyl/N-ethyl adjacent to an activating group) is 1. The minimum absolute atomic E-state index is 0.184. The van der Waals surface area contributed by atoms with Crippen LogP contribution in [0.2, 0.25) is 0 Å². The van der Waals surface area contributed by atoms with Crippen molar-refractivity contribution < 1.29 is 9.84 Å². The molecule has 0 saturated heterocycles.